The number of hydrogen-bond donors (Lipinski definition) is 2. The van der Waals surface area contributed by atoms with Gasteiger partial charge < -0.3 is 24.4 Å². The van der Waals surface area contributed by atoms with E-state index < -0.39 is 18.7 Å². The van der Waals surface area contributed by atoms with Crippen LogP contribution in [0.4, 0.5) is 0 Å². The van der Waals surface area contributed by atoms with Crippen LogP contribution in [0.15, 0.2) is 24.3 Å². The predicted molar refractivity (Wildman–Crippen MR) is 74.4 cm³/mol. The van der Waals surface area contributed by atoms with Gasteiger partial charge >= 0.3 is 11.9 Å². The highest BCUT2D eigenvalue weighted by Gasteiger charge is 2.24. The van der Waals surface area contributed by atoms with Gasteiger partial charge in [-0.15, -0.1) is 0 Å². The van der Waals surface area contributed by atoms with Crippen molar-refractivity contribution in [1.82, 2.24) is 0 Å². The Morgan fingerprint density at radius 1 is 1.24 bits per heavy atom. The highest BCUT2D eigenvalue weighted by molar-refractivity contribution is 5.87. The van der Waals surface area contributed by atoms with Crippen molar-refractivity contribution in [1.29, 1.82) is 0 Å². The van der Waals surface area contributed by atoms with Crippen LogP contribution in [0, 0.1) is 0 Å². The van der Waals surface area contributed by atoms with Crippen molar-refractivity contribution in [2.75, 3.05) is 26.4 Å². The molecule has 0 saturated carbocycles. The zero-order valence-electron chi connectivity index (χ0n) is 12.3. The van der Waals surface area contributed by atoms with Crippen molar-refractivity contribution in [2.24, 2.45) is 0 Å². The minimum Gasteiger partial charge on any atom is -0.460 e. The summed E-state index contributed by atoms with van der Waals surface area (Å²) in [4.78, 5) is 21.3. The Morgan fingerprint density at radius 3 is 2.10 bits per heavy atom. The quantitative estimate of drug-likeness (QED) is 0.386. The molecule has 7 heteroatoms. The van der Waals surface area contributed by atoms with Crippen LogP contribution >= 0.6 is 0 Å². The molecular weight excluding hydrogens is 280 g/mol. The monoisotopic (exact) mass is 302 g/mol. The SMILES string of the molecule is C=C(C)C(=O)OCC(O)CO.C=C(C)C(=O)OCC1CO1. The third kappa shape index (κ3) is 10.7. The van der Waals surface area contributed by atoms with Gasteiger partial charge in [0.05, 0.1) is 13.2 Å². The molecule has 0 aromatic carbocycles. The molecule has 7 nitrogen and oxygen atoms in total. The Labute approximate surface area is 123 Å². The molecule has 1 aliphatic rings. The Hall–Kier alpha value is -1.70. The lowest BCUT2D eigenvalue weighted by Gasteiger charge is -2.07. The lowest BCUT2D eigenvalue weighted by atomic mass is 10.3. The molecule has 1 aliphatic heterocycles. The van der Waals surface area contributed by atoms with Crippen molar-refractivity contribution in [2.45, 2.75) is 26.1 Å². The summed E-state index contributed by atoms with van der Waals surface area (Å²) in [5, 5.41) is 17.1. The maximum absolute atomic E-state index is 10.7. The van der Waals surface area contributed by atoms with Crippen LogP contribution in [-0.4, -0.2) is 60.8 Å². The lowest BCUT2D eigenvalue weighted by molar-refractivity contribution is -0.142. The number of aliphatic hydroxyl groups excluding tert-OH is 2. The van der Waals surface area contributed by atoms with Gasteiger partial charge in [-0.1, -0.05) is 13.2 Å². The minimum absolute atomic E-state index is 0.142. The van der Waals surface area contributed by atoms with Crippen LogP contribution in [0.25, 0.3) is 0 Å². The summed E-state index contributed by atoms with van der Waals surface area (Å²) < 4.78 is 14.1. The van der Waals surface area contributed by atoms with Crippen LogP contribution in [0.2, 0.25) is 0 Å². The van der Waals surface area contributed by atoms with Crippen LogP contribution < -0.4 is 0 Å². The summed E-state index contributed by atoms with van der Waals surface area (Å²) in [6, 6.07) is 0. The van der Waals surface area contributed by atoms with Crippen molar-refractivity contribution < 1.29 is 34.0 Å². The van der Waals surface area contributed by atoms with Crippen molar-refractivity contribution in [3.63, 3.8) is 0 Å². The summed E-state index contributed by atoms with van der Waals surface area (Å²) in [6.45, 7) is 10.4. The molecular formula is C14H22O7. The van der Waals surface area contributed by atoms with Gasteiger partial charge in [-0.25, -0.2) is 9.59 Å². The fourth-order valence-electron chi connectivity index (χ4n) is 0.804. The second-order valence-electron chi connectivity index (χ2n) is 4.55. The highest BCUT2D eigenvalue weighted by Crippen LogP contribution is 2.09. The van der Waals surface area contributed by atoms with E-state index in [-0.39, 0.29) is 24.3 Å². The van der Waals surface area contributed by atoms with E-state index >= 15 is 0 Å². The number of rotatable bonds is 7. The highest BCUT2D eigenvalue weighted by atomic mass is 16.6. The normalized spacial score (nSPS) is 16.9. The summed E-state index contributed by atoms with van der Waals surface area (Å²) in [7, 11) is 0. The zero-order chi connectivity index (χ0) is 16.4. The molecule has 0 bridgehead atoms. The Morgan fingerprint density at radius 2 is 1.71 bits per heavy atom. The van der Waals surface area contributed by atoms with Crippen LogP contribution in [0.1, 0.15) is 13.8 Å². The number of carbonyl (C=O) groups is 2. The van der Waals surface area contributed by atoms with Crippen molar-refractivity contribution in [3.05, 3.63) is 24.3 Å². The van der Waals surface area contributed by atoms with Gasteiger partial charge in [0.15, 0.2) is 0 Å². The molecule has 1 saturated heterocycles. The first-order valence-corrected chi connectivity index (χ1v) is 6.33. The molecule has 120 valence electrons. The molecule has 0 aliphatic carbocycles. The molecule has 0 amide bonds. The van der Waals surface area contributed by atoms with Crippen molar-refractivity contribution in [3.8, 4) is 0 Å². The van der Waals surface area contributed by atoms with Crippen LogP contribution in [-0.2, 0) is 23.8 Å². The van der Waals surface area contributed by atoms with E-state index in [4.69, 9.17) is 19.7 Å². The fraction of sp³-hybridized carbons (Fsp3) is 0.571. The molecule has 1 heterocycles. The maximum Gasteiger partial charge on any atom is 0.333 e. The molecule has 1 fully saturated rings. The summed E-state index contributed by atoms with van der Waals surface area (Å²) >= 11 is 0. The second kappa shape index (κ2) is 10.1. The van der Waals surface area contributed by atoms with Gasteiger partial charge in [0.25, 0.3) is 0 Å². The standard InChI is InChI=1S/C7H12O4.C7H10O3/c1-5(2)7(10)11-4-6(9)3-8;1-5(2)7(8)10-4-6-3-9-6/h6,8-9H,1,3-4H2,2H3;6H,1,3-4H2,2H3. The van der Waals surface area contributed by atoms with E-state index in [0.717, 1.165) is 0 Å². The zero-order valence-corrected chi connectivity index (χ0v) is 12.3. The fourth-order valence-corrected chi connectivity index (χ4v) is 0.804. The molecule has 0 aromatic rings. The largest absolute Gasteiger partial charge is 0.460 e. The molecule has 0 aromatic heterocycles. The van der Waals surface area contributed by atoms with E-state index in [0.29, 0.717) is 18.8 Å². The van der Waals surface area contributed by atoms with Gasteiger partial charge in [-0.3, -0.25) is 0 Å². The average molecular weight is 302 g/mol. The molecule has 2 unspecified atom stereocenters. The van der Waals surface area contributed by atoms with Gasteiger partial charge in [0, 0.05) is 11.1 Å². The maximum atomic E-state index is 10.7. The Balaban J connectivity index is 0.000000382. The number of hydrogen-bond acceptors (Lipinski definition) is 7. The topological polar surface area (TPSA) is 106 Å². The molecule has 0 radical (unpaired) electrons. The van der Waals surface area contributed by atoms with Crippen molar-refractivity contribution >= 4 is 11.9 Å². The smallest absolute Gasteiger partial charge is 0.333 e. The number of carbonyl (C=O) groups excluding carboxylic acids is 2. The number of aliphatic hydroxyl groups is 2. The van der Waals surface area contributed by atoms with Gasteiger partial charge in [-0.2, -0.15) is 0 Å². The van der Waals surface area contributed by atoms with E-state index in [1.165, 1.54) is 6.92 Å². The minimum atomic E-state index is -1.00. The summed E-state index contributed by atoms with van der Waals surface area (Å²) in [5.41, 5.74) is 0.704. The summed E-state index contributed by atoms with van der Waals surface area (Å²) in [5.74, 6) is -0.895. The molecule has 1 rings (SSSR count). The van der Waals surface area contributed by atoms with E-state index in [2.05, 4.69) is 17.9 Å². The number of esters is 2. The lowest BCUT2D eigenvalue weighted by Crippen LogP contribution is -2.22. The van der Waals surface area contributed by atoms with E-state index in [1.54, 1.807) is 6.92 Å². The molecule has 0 spiro atoms. The molecule has 2 N–H and O–H groups in total. The van der Waals surface area contributed by atoms with Crippen LogP contribution in [0.3, 0.4) is 0 Å². The van der Waals surface area contributed by atoms with Gasteiger partial charge in [0.1, 0.15) is 25.4 Å². The van der Waals surface area contributed by atoms with Crippen LogP contribution in [0.5, 0.6) is 0 Å². The third-order valence-electron chi connectivity index (χ3n) is 2.12. The summed E-state index contributed by atoms with van der Waals surface area (Å²) in [6.07, 6.45) is -0.860. The Bertz CT molecular complexity index is 385. The van der Waals surface area contributed by atoms with E-state index in [1.807, 2.05) is 0 Å². The van der Waals surface area contributed by atoms with Gasteiger partial charge in [0.2, 0.25) is 0 Å². The average Bonchev–Trinajstić information content (AvgIpc) is 3.26. The van der Waals surface area contributed by atoms with E-state index in [9.17, 15) is 9.59 Å². The molecule has 2 atom stereocenters. The first-order chi connectivity index (χ1) is 9.77. The Kier molecular flexibility index (Phi) is 9.27. The van der Waals surface area contributed by atoms with Gasteiger partial charge in [-0.05, 0) is 13.8 Å². The first kappa shape index (κ1) is 19.3. The molecule has 21 heavy (non-hydrogen) atoms. The third-order valence-corrected chi connectivity index (χ3v) is 2.12. The number of epoxide rings is 1. The first-order valence-electron chi connectivity index (χ1n) is 6.33. The second-order valence-corrected chi connectivity index (χ2v) is 4.55. The number of ether oxygens (including phenoxy) is 3. The predicted octanol–water partition coefficient (Wildman–Crippen LogP) is -0.0366.